The van der Waals surface area contributed by atoms with Crippen LogP contribution >= 0.6 is 11.6 Å². The third kappa shape index (κ3) is 5.22. The number of rotatable bonds is 7. The first-order chi connectivity index (χ1) is 10.1. The maximum Gasteiger partial charge on any atom is 0.305 e. The molecule has 1 aromatic carbocycles. The Morgan fingerprint density at radius 2 is 2.00 bits per heavy atom. The Hall–Kier alpha value is -1.75. The summed E-state index contributed by atoms with van der Waals surface area (Å²) in [7, 11) is 0. The Morgan fingerprint density at radius 1 is 1.36 bits per heavy atom. The zero-order valence-corrected chi connectivity index (χ0v) is 14.0. The second-order valence-electron chi connectivity index (χ2n) is 5.85. The number of carboxylic acids is 1. The normalized spacial score (nSPS) is 15.0. The standard InChI is InChI=1S/C16H22ClNO4/c1-10(2)16(4,9-14(19)20)18-15(21)11(3)22-13-7-5-6-12(17)8-13/h5-8,10-11H,9H2,1-4H3,(H,18,21)(H,19,20). The molecule has 1 rings (SSSR count). The van der Waals surface area contributed by atoms with Crippen molar-refractivity contribution < 1.29 is 19.4 Å². The molecule has 6 heteroatoms. The van der Waals surface area contributed by atoms with E-state index in [0.29, 0.717) is 10.8 Å². The van der Waals surface area contributed by atoms with Crippen molar-refractivity contribution >= 4 is 23.5 Å². The molecular weight excluding hydrogens is 306 g/mol. The molecule has 1 amide bonds. The number of carbonyl (C=O) groups excluding carboxylic acids is 1. The minimum absolute atomic E-state index is 0.0362. The van der Waals surface area contributed by atoms with E-state index in [4.69, 9.17) is 21.4 Å². The lowest BCUT2D eigenvalue weighted by Gasteiger charge is -2.34. The van der Waals surface area contributed by atoms with Crippen LogP contribution in [-0.4, -0.2) is 28.6 Å². The van der Waals surface area contributed by atoms with Crippen LogP contribution in [0.15, 0.2) is 24.3 Å². The van der Waals surface area contributed by atoms with Crippen molar-refractivity contribution in [1.82, 2.24) is 5.32 Å². The number of halogens is 1. The molecule has 0 fully saturated rings. The largest absolute Gasteiger partial charge is 0.481 e. The number of hydrogen-bond acceptors (Lipinski definition) is 3. The summed E-state index contributed by atoms with van der Waals surface area (Å²) < 4.78 is 5.54. The summed E-state index contributed by atoms with van der Waals surface area (Å²) in [4.78, 5) is 23.3. The van der Waals surface area contributed by atoms with Crippen molar-refractivity contribution in [2.45, 2.75) is 45.8 Å². The van der Waals surface area contributed by atoms with E-state index in [-0.39, 0.29) is 18.2 Å². The van der Waals surface area contributed by atoms with Gasteiger partial charge >= 0.3 is 5.97 Å². The fourth-order valence-corrected chi connectivity index (χ4v) is 2.07. The van der Waals surface area contributed by atoms with Crippen LogP contribution < -0.4 is 10.1 Å². The van der Waals surface area contributed by atoms with Crippen LogP contribution in [0.5, 0.6) is 5.75 Å². The van der Waals surface area contributed by atoms with Crippen molar-refractivity contribution in [3.05, 3.63) is 29.3 Å². The van der Waals surface area contributed by atoms with Gasteiger partial charge in [-0.1, -0.05) is 31.5 Å². The second-order valence-corrected chi connectivity index (χ2v) is 6.29. The first-order valence-corrected chi connectivity index (χ1v) is 7.48. The van der Waals surface area contributed by atoms with E-state index < -0.39 is 17.6 Å². The van der Waals surface area contributed by atoms with Gasteiger partial charge in [-0.15, -0.1) is 0 Å². The lowest BCUT2D eigenvalue weighted by atomic mass is 9.85. The van der Waals surface area contributed by atoms with Gasteiger partial charge in [-0.2, -0.15) is 0 Å². The highest BCUT2D eigenvalue weighted by Gasteiger charge is 2.34. The minimum Gasteiger partial charge on any atom is -0.481 e. The molecule has 0 heterocycles. The third-order valence-corrected chi connectivity index (χ3v) is 3.91. The van der Waals surface area contributed by atoms with Gasteiger partial charge in [-0.05, 0) is 38.0 Å². The fourth-order valence-electron chi connectivity index (χ4n) is 1.89. The molecule has 0 spiro atoms. The van der Waals surface area contributed by atoms with Gasteiger partial charge in [0.2, 0.25) is 0 Å². The number of carbonyl (C=O) groups is 2. The van der Waals surface area contributed by atoms with Crippen molar-refractivity contribution in [3.8, 4) is 5.75 Å². The molecule has 0 aliphatic rings. The minimum atomic E-state index is -0.958. The smallest absolute Gasteiger partial charge is 0.305 e. The van der Waals surface area contributed by atoms with Crippen LogP contribution in [0.25, 0.3) is 0 Å². The van der Waals surface area contributed by atoms with Crippen molar-refractivity contribution in [2.24, 2.45) is 5.92 Å². The maximum atomic E-state index is 12.3. The third-order valence-electron chi connectivity index (χ3n) is 3.68. The monoisotopic (exact) mass is 327 g/mol. The van der Waals surface area contributed by atoms with Gasteiger partial charge in [0.15, 0.2) is 6.10 Å². The number of amides is 1. The highest BCUT2D eigenvalue weighted by Crippen LogP contribution is 2.22. The molecule has 0 aromatic heterocycles. The summed E-state index contributed by atoms with van der Waals surface area (Å²) in [5, 5.41) is 12.3. The predicted octanol–water partition coefficient (Wildman–Crippen LogP) is 3.11. The van der Waals surface area contributed by atoms with Crippen molar-refractivity contribution in [1.29, 1.82) is 0 Å². The molecule has 1 aromatic rings. The average Bonchev–Trinajstić information content (AvgIpc) is 2.37. The Labute approximate surface area is 135 Å². The van der Waals surface area contributed by atoms with Crippen LogP contribution in [-0.2, 0) is 9.59 Å². The number of carboxylic acid groups (broad SMARTS) is 1. The molecule has 0 radical (unpaired) electrons. The van der Waals surface area contributed by atoms with Crippen molar-refractivity contribution in [2.75, 3.05) is 0 Å². The van der Waals surface area contributed by atoms with E-state index in [1.54, 1.807) is 38.1 Å². The number of ether oxygens (including phenoxy) is 1. The molecule has 2 N–H and O–H groups in total. The Morgan fingerprint density at radius 3 is 2.50 bits per heavy atom. The topological polar surface area (TPSA) is 75.6 Å². The fraction of sp³-hybridized carbons (Fsp3) is 0.500. The van der Waals surface area contributed by atoms with Crippen LogP contribution in [0.1, 0.15) is 34.1 Å². The molecule has 0 saturated carbocycles. The first-order valence-electron chi connectivity index (χ1n) is 7.10. The van der Waals surface area contributed by atoms with E-state index >= 15 is 0 Å². The SMILES string of the molecule is CC(Oc1cccc(Cl)c1)C(=O)NC(C)(CC(=O)O)C(C)C. The zero-order chi connectivity index (χ0) is 16.9. The zero-order valence-electron chi connectivity index (χ0n) is 13.2. The quantitative estimate of drug-likeness (QED) is 0.806. The molecule has 0 saturated heterocycles. The summed E-state index contributed by atoms with van der Waals surface area (Å²) in [6.45, 7) is 7.06. The molecule has 2 atom stereocenters. The lowest BCUT2D eigenvalue weighted by Crippen LogP contribution is -2.54. The summed E-state index contributed by atoms with van der Waals surface area (Å²) in [6, 6.07) is 6.76. The molecule has 22 heavy (non-hydrogen) atoms. The number of benzene rings is 1. The maximum absolute atomic E-state index is 12.3. The van der Waals surface area contributed by atoms with Crippen molar-refractivity contribution in [3.63, 3.8) is 0 Å². The van der Waals surface area contributed by atoms with Gasteiger partial charge in [-0.3, -0.25) is 9.59 Å². The lowest BCUT2D eigenvalue weighted by molar-refractivity contribution is -0.140. The Balaban J connectivity index is 2.75. The second kappa shape index (κ2) is 7.49. The van der Waals surface area contributed by atoms with Gasteiger partial charge in [-0.25, -0.2) is 0 Å². The molecule has 2 unspecified atom stereocenters. The molecular formula is C16H22ClNO4. The van der Waals surface area contributed by atoms with E-state index in [9.17, 15) is 9.59 Å². The highest BCUT2D eigenvalue weighted by molar-refractivity contribution is 6.30. The van der Waals surface area contributed by atoms with E-state index in [1.165, 1.54) is 0 Å². The number of aliphatic carboxylic acids is 1. The highest BCUT2D eigenvalue weighted by atomic mass is 35.5. The Kier molecular flexibility index (Phi) is 6.23. The summed E-state index contributed by atoms with van der Waals surface area (Å²) in [6.07, 6.45) is -0.911. The van der Waals surface area contributed by atoms with Crippen LogP contribution in [0.2, 0.25) is 5.02 Å². The number of hydrogen-bond donors (Lipinski definition) is 2. The molecule has 122 valence electrons. The van der Waals surface area contributed by atoms with E-state index in [0.717, 1.165) is 0 Å². The van der Waals surface area contributed by atoms with Gasteiger partial charge in [0.1, 0.15) is 5.75 Å². The van der Waals surface area contributed by atoms with E-state index in [1.807, 2.05) is 13.8 Å². The number of nitrogens with one attached hydrogen (secondary N) is 1. The molecule has 5 nitrogen and oxygen atoms in total. The summed E-state index contributed by atoms with van der Waals surface area (Å²) in [5.41, 5.74) is -0.838. The van der Waals surface area contributed by atoms with Crippen LogP contribution in [0.4, 0.5) is 0 Å². The molecule has 0 aliphatic carbocycles. The first kappa shape index (κ1) is 18.3. The van der Waals surface area contributed by atoms with Crippen LogP contribution in [0.3, 0.4) is 0 Å². The molecule has 0 bridgehead atoms. The average molecular weight is 328 g/mol. The van der Waals surface area contributed by atoms with E-state index in [2.05, 4.69) is 5.32 Å². The van der Waals surface area contributed by atoms with Gasteiger partial charge in [0.25, 0.3) is 5.91 Å². The summed E-state index contributed by atoms with van der Waals surface area (Å²) in [5.74, 6) is -0.872. The molecule has 0 aliphatic heterocycles. The van der Waals surface area contributed by atoms with Crippen LogP contribution in [0, 0.1) is 5.92 Å². The predicted molar refractivity (Wildman–Crippen MR) is 85.2 cm³/mol. The summed E-state index contributed by atoms with van der Waals surface area (Å²) >= 11 is 5.87. The van der Waals surface area contributed by atoms with Gasteiger partial charge < -0.3 is 15.2 Å². The van der Waals surface area contributed by atoms with Gasteiger partial charge in [0, 0.05) is 5.02 Å². The Bertz CT molecular complexity index is 547. The van der Waals surface area contributed by atoms with Gasteiger partial charge in [0.05, 0.1) is 12.0 Å².